The van der Waals surface area contributed by atoms with E-state index in [0.717, 1.165) is 16.8 Å². The zero-order chi connectivity index (χ0) is 27.4. The molecule has 1 heterocycles. The van der Waals surface area contributed by atoms with Crippen LogP contribution in [-0.2, 0) is 6.54 Å². The van der Waals surface area contributed by atoms with Crippen LogP contribution in [0.1, 0.15) is 15.9 Å². The number of ether oxygens (including phenoxy) is 1. The number of rotatable bonds is 7. The lowest BCUT2D eigenvalue weighted by Gasteiger charge is -2.11. The Bertz CT molecular complexity index is 1650. The largest absolute Gasteiger partial charge is 0.511 e. The highest BCUT2D eigenvalue weighted by atomic mass is 35.5. The predicted octanol–water partition coefficient (Wildman–Crippen LogP) is 8.44. The Morgan fingerprint density at radius 3 is 2.28 bits per heavy atom. The summed E-state index contributed by atoms with van der Waals surface area (Å²) in [5.74, 6) is -0.0446. The van der Waals surface area contributed by atoms with Crippen LogP contribution in [0.3, 0.4) is 0 Å². The Morgan fingerprint density at radius 1 is 0.846 bits per heavy atom. The van der Waals surface area contributed by atoms with Gasteiger partial charge >= 0.3 is 6.16 Å². The number of benzene rings is 4. The third-order valence-corrected chi connectivity index (χ3v) is 7.53. The molecule has 1 amide bonds. The third kappa shape index (κ3) is 6.29. The van der Waals surface area contributed by atoms with Crippen molar-refractivity contribution in [3.63, 3.8) is 0 Å². The maximum atomic E-state index is 12.6. The molecule has 9 heteroatoms. The molecule has 0 aliphatic rings. The summed E-state index contributed by atoms with van der Waals surface area (Å²) < 4.78 is 5.13. The first-order chi connectivity index (χ1) is 18.9. The number of nitrogens with one attached hydrogen (secondary N) is 1. The molecule has 6 nitrogen and oxygen atoms in total. The van der Waals surface area contributed by atoms with Crippen molar-refractivity contribution in [2.45, 2.75) is 6.54 Å². The number of nitrogens with zero attached hydrogens (tertiary/aromatic N) is 1. The summed E-state index contributed by atoms with van der Waals surface area (Å²) in [5.41, 5.74) is 5.00. The Morgan fingerprint density at radius 2 is 1.56 bits per heavy atom. The van der Waals surface area contributed by atoms with Gasteiger partial charge in [-0.2, -0.15) is 0 Å². The minimum absolute atomic E-state index is 0.160. The van der Waals surface area contributed by atoms with E-state index in [1.165, 1.54) is 11.3 Å². The summed E-state index contributed by atoms with van der Waals surface area (Å²) in [6.07, 6.45) is -1.43. The van der Waals surface area contributed by atoms with Crippen LogP contribution in [0.4, 0.5) is 4.79 Å². The Labute approximate surface area is 238 Å². The second kappa shape index (κ2) is 11.7. The average Bonchev–Trinajstić information content (AvgIpc) is 3.44. The highest BCUT2D eigenvalue weighted by Gasteiger charge is 2.15. The van der Waals surface area contributed by atoms with Gasteiger partial charge < -0.3 is 15.2 Å². The summed E-state index contributed by atoms with van der Waals surface area (Å²) >= 11 is 13.6. The van der Waals surface area contributed by atoms with Crippen LogP contribution in [0.5, 0.6) is 5.75 Å². The standard InChI is InChI=1S/C30H20Cl2N2O4S/c31-24-13-11-21(14-25(24)32)26-17-39-29(34-26)22-10-12-23(27(15-22)38-30(36)37)19-6-8-20(9-7-19)28(35)33-16-18-4-2-1-3-5-18/h1-15,17H,16H2,(H,33,35)(H,36,37). The number of hydrogen-bond donors (Lipinski definition) is 2. The molecule has 0 saturated carbocycles. The first kappa shape index (κ1) is 26.4. The quantitative estimate of drug-likeness (QED) is 0.150. The van der Waals surface area contributed by atoms with Crippen molar-refractivity contribution in [1.29, 1.82) is 0 Å². The van der Waals surface area contributed by atoms with Gasteiger partial charge in [0.15, 0.2) is 0 Å². The number of hydrogen-bond acceptors (Lipinski definition) is 5. The monoisotopic (exact) mass is 574 g/mol. The molecule has 0 unspecified atom stereocenters. The average molecular weight is 575 g/mol. The molecule has 0 saturated heterocycles. The van der Waals surface area contributed by atoms with Crippen molar-refractivity contribution in [1.82, 2.24) is 10.3 Å². The van der Waals surface area contributed by atoms with Crippen LogP contribution < -0.4 is 10.1 Å². The highest BCUT2D eigenvalue weighted by molar-refractivity contribution is 7.13. The van der Waals surface area contributed by atoms with E-state index in [9.17, 15) is 14.7 Å². The van der Waals surface area contributed by atoms with Crippen LogP contribution in [0, 0.1) is 0 Å². The van der Waals surface area contributed by atoms with Crippen molar-refractivity contribution in [2.75, 3.05) is 0 Å². The number of thiazole rings is 1. The second-order valence-electron chi connectivity index (χ2n) is 8.49. The Hall–Kier alpha value is -4.17. The fraction of sp³-hybridized carbons (Fsp3) is 0.0333. The SMILES string of the molecule is O=C(O)Oc1cc(-c2nc(-c3ccc(Cl)c(Cl)c3)cs2)ccc1-c1ccc(C(=O)NCc2ccccc2)cc1. The molecule has 0 radical (unpaired) electrons. The number of carboxylic acid groups (broad SMARTS) is 1. The number of carbonyl (C=O) groups is 2. The van der Waals surface area contributed by atoms with E-state index in [-0.39, 0.29) is 11.7 Å². The molecule has 4 aromatic carbocycles. The van der Waals surface area contributed by atoms with E-state index in [1.807, 2.05) is 47.8 Å². The van der Waals surface area contributed by atoms with E-state index in [0.29, 0.717) is 43.9 Å². The van der Waals surface area contributed by atoms with Gasteiger partial charge in [0.25, 0.3) is 5.91 Å². The molecule has 39 heavy (non-hydrogen) atoms. The number of aromatic nitrogens is 1. The van der Waals surface area contributed by atoms with Gasteiger partial charge in [0.05, 0.1) is 15.7 Å². The van der Waals surface area contributed by atoms with E-state index in [1.54, 1.807) is 48.5 Å². The molecule has 0 bridgehead atoms. The topological polar surface area (TPSA) is 88.5 Å². The van der Waals surface area contributed by atoms with Crippen LogP contribution in [0.25, 0.3) is 33.0 Å². The normalized spacial score (nSPS) is 10.7. The van der Waals surface area contributed by atoms with Gasteiger partial charge in [-0.15, -0.1) is 11.3 Å². The first-order valence-electron chi connectivity index (χ1n) is 11.8. The van der Waals surface area contributed by atoms with Crippen molar-refractivity contribution in [3.8, 4) is 38.7 Å². The molecule has 0 aliphatic carbocycles. The van der Waals surface area contributed by atoms with Crippen molar-refractivity contribution in [2.24, 2.45) is 0 Å². The van der Waals surface area contributed by atoms with Gasteiger partial charge in [0.1, 0.15) is 10.8 Å². The van der Waals surface area contributed by atoms with Gasteiger partial charge in [-0.3, -0.25) is 4.79 Å². The minimum atomic E-state index is -1.43. The smallest absolute Gasteiger partial charge is 0.449 e. The van der Waals surface area contributed by atoms with Crippen LogP contribution in [-0.4, -0.2) is 22.2 Å². The van der Waals surface area contributed by atoms with E-state index in [4.69, 9.17) is 27.9 Å². The Kier molecular flexibility index (Phi) is 7.93. The zero-order valence-corrected chi connectivity index (χ0v) is 22.6. The van der Waals surface area contributed by atoms with Gasteiger partial charge in [0.2, 0.25) is 0 Å². The number of amides is 1. The third-order valence-electron chi connectivity index (χ3n) is 5.90. The second-order valence-corrected chi connectivity index (χ2v) is 10.2. The van der Waals surface area contributed by atoms with E-state index < -0.39 is 6.16 Å². The lowest BCUT2D eigenvalue weighted by atomic mass is 10.0. The number of carbonyl (C=O) groups excluding carboxylic acids is 1. The van der Waals surface area contributed by atoms with Gasteiger partial charge in [-0.05, 0) is 47.5 Å². The molecular weight excluding hydrogens is 555 g/mol. The molecule has 0 aliphatic heterocycles. The molecule has 1 aromatic heterocycles. The molecule has 0 spiro atoms. The molecule has 0 fully saturated rings. The minimum Gasteiger partial charge on any atom is -0.449 e. The van der Waals surface area contributed by atoms with E-state index in [2.05, 4.69) is 10.3 Å². The highest BCUT2D eigenvalue weighted by Crippen LogP contribution is 2.37. The van der Waals surface area contributed by atoms with Gasteiger partial charge in [-0.25, -0.2) is 9.78 Å². The molecular formula is C30H20Cl2N2O4S. The van der Waals surface area contributed by atoms with Crippen molar-refractivity contribution >= 4 is 46.6 Å². The molecule has 0 atom stereocenters. The molecule has 2 N–H and O–H groups in total. The summed E-state index contributed by atoms with van der Waals surface area (Å²) in [7, 11) is 0. The van der Waals surface area contributed by atoms with Crippen molar-refractivity contribution < 1.29 is 19.4 Å². The molecule has 5 aromatic rings. The Balaban J connectivity index is 1.38. The fourth-order valence-electron chi connectivity index (χ4n) is 3.95. The summed E-state index contributed by atoms with van der Waals surface area (Å²) in [6.45, 7) is 0.420. The maximum absolute atomic E-state index is 12.6. The lowest BCUT2D eigenvalue weighted by molar-refractivity contribution is 0.0950. The first-order valence-corrected chi connectivity index (χ1v) is 13.4. The molecule has 194 valence electrons. The molecule has 5 rings (SSSR count). The van der Waals surface area contributed by atoms with Crippen LogP contribution in [0.2, 0.25) is 10.0 Å². The predicted molar refractivity (Wildman–Crippen MR) is 155 cm³/mol. The van der Waals surface area contributed by atoms with Gasteiger partial charge in [-0.1, -0.05) is 77.8 Å². The summed E-state index contributed by atoms with van der Waals surface area (Å²) in [6, 6.07) is 27.1. The number of halogens is 2. The van der Waals surface area contributed by atoms with Crippen LogP contribution in [0.15, 0.2) is 96.4 Å². The fourth-order valence-corrected chi connectivity index (χ4v) is 5.07. The summed E-state index contributed by atoms with van der Waals surface area (Å²) in [5, 5.41) is 15.7. The zero-order valence-electron chi connectivity index (χ0n) is 20.2. The van der Waals surface area contributed by atoms with Crippen LogP contribution >= 0.6 is 34.5 Å². The van der Waals surface area contributed by atoms with E-state index >= 15 is 0 Å². The summed E-state index contributed by atoms with van der Waals surface area (Å²) in [4.78, 5) is 28.7. The lowest BCUT2D eigenvalue weighted by Crippen LogP contribution is -2.22. The maximum Gasteiger partial charge on any atom is 0.511 e. The van der Waals surface area contributed by atoms with Gasteiger partial charge in [0, 0.05) is 34.2 Å². The van der Waals surface area contributed by atoms with Crippen molar-refractivity contribution in [3.05, 3.63) is 118 Å².